The summed E-state index contributed by atoms with van der Waals surface area (Å²) in [5.41, 5.74) is 0.746. The first-order valence-corrected chi connectivity index (χ1v) is 12.5. The Hall–Kier alpha value is -1.87. The highest BCUT2D eigenvalue weighted by atomic mass is 32.2. The lowest BCUT2D eigenvalue weighted by atomic mass is 10.2. The summed E-state index contributed by atoms with van der Waals surface area (Å²) in [5, 5.41) is 9.33. The summed E-state index contributed by atoms with van der Waals surface area (Å²) in [5.74, 6) is 1.28. The minimum atomic E-state index is -3.08. The van der Waals surface area contributed by atoms with E-state index in [0.29, 0.717) is 6.42 Å². The Labute approximate surface area is 169 Å². The van der Waals surface area contributed by atoms with Gasteiger partial charge in [0.15, 0.2) is 15.0 Å². The monoisotopic (exact) mass is 420 g/mol. The first-order chi connectivity index (χ1) is 13.5. The molecule has 0 N–H and O–H groups in total. The Kier molecular flexibility index (Phi) is 5.73. The Bertz CT molecular complexity index is 943. The van der Waals surface area contributed by atoms with Gasteiger partial charge in [0.05, 0.1) is 23.3 Å². The molecule has 1 atom stereocenters. The highest BCUT2D eigenvalue weighted by Crippen LogP contribution is 2.27. The van der Waals surface area contributed by atoms with Gasteiger partial charge in [0, 0.05) is 18.7 Å². The molecule has 2 aliphatic heterocycles. The van der Waals surface area contributed by atoms with E-state index >= 15 is 0 Å². The van der Waals surface area contributed by atoms with Gasteiger partial charge in [0.25, 0.3) is 0 Å². The van der Waals surface area contributed by atoms with Crippen molar-refractivity contribution in [2.75, 3.05) is 22.2 Å². The van der Waals surface area contributed by atoms with Crippen molar-refractivity contribution in [2.24, 2.45) is 0 Å². The van der Waals surface area contributed by atoms with Crippen LogP contribution in [0.3, 0.4) is 0 Å². The Morgan fingerprint density at radius 2 is 2.00 bits per heavy atom. The number of carbonyl (C=O) groups excluding carboxylic acids is 1. The van der Waals surface area contributed by atoms with Crippen molar-refractivity contribution >= 4 is 33.2 Å². The normalized spacial score (nSPS) is 21.1. The van der Waals surface area contributed by atoms with Crippen molar-refractivity contribution in [2.45, 2.75) is 49.8 Å². The summed E-state index contributed by atoms with van der Waals surface area (Å²) < 4.78 is 26.1. The van der Waals surface area contributed by atoms with E-state index in [1.807, 2.05) is 30.3 Å². The third-order valence-corrected chi connectivity index (χ3v) is 7.98. The van der Waals surface area contributed by atoms with Crippen LogP contribution in [0.25, 0.3) is 0 Å². The third-order valence-electron chi connectivity index (χ3n) is 5.28. The lowest BCUT2D eigenvalue weighted by molar-refractivity contribution is -0.116. The number of sulfone groups is 1. The topological polar surface area (TPSA) is 85.2 Å². The number of thioether (sulfide) groups is 1. The molecular formula is C19H24N4O3S2. The lowest BCUT2D eigenvalue weighted by Crippen LogP contribution is -2.42. The maximum Gasteiger partial charge on any atom is 0.237 e. The van der Waals surface area contributed by atoms with Gasteiger partial charge in [-0.2, -0.15) is 0 Å². The van der Waals surface area contributed by atoms with Crippen LogP contribution in [-0.2, 0) is 27.6 Å². The van der Waals surface area contributed by atoms with Crippen LogP contribution in [-0.4, -0.2) is 52.4 Å². The molecule has 7 nitrogen and oxygen atoms in total. The van der Waals surface area contributed by atoms with Gasteiger partial charge in [0.1, 0.15) is 5.82 Å². The number of fused-ring (bicyclic) bond motifs is 1. The largest absolute Gasteiger partial charge is 0.308 e. The zero-order valence-corrected chi connectivity index (χ0v) is 17.3. The highest BCUT2D eigenvalue weighted by molar-refractivity contribution is 7.99. The second-order valence-electron chi connectivity index (χ2n) is 7.31. The fraction of sp³-hybridized carbons (Fsp3) is 0.526. The molecule has 2 aromatic rings. The molecule has 28 heavy (non-hydrogen) atoms. The predicted octanol–water partition coefficient (Wildman–Crippen LogP) is 2.32. The third kappa shape index (κ3) is 4.25. The number of amides is 1. The molecule has 3 heterocycles. The van der Waals surface area contributed by atoms with Crippen LogP contribution < -0.4 is 4.90 Å². The van der Waals surface area contributed by atoms with Gasteiger partial charge in [-0.15, -0.1) is 10.2 Å². The number of benzene rings is 1. The maximum atomic E-state index is 13.1. The number of aryl methyl sites for hydroxylation is 1. The van der Waals surface area contributed by atoms with Crippen LogP contribution in [0.5, 0.6) is 0 Å². The highest BCUT2D eigenvalue weighted by Gasteiger charge is 2.35. The van der Waals surface area contributed by atoms with Gasteiger partial charge in [-0.05, 0) is 31.4 Å². The summed E-state index contributed by atoms with van der Waals surface area (Å²) in [7, 11) is -3.08. The van der Waals surface area contributed by atoms with Crippen LogP contribution >= 0.6 is 11.8 Å². The number of anilines is 1. The molecule has 1 amide bonds. The fourth-order valence-corrected chi connectivity index (χ4v) is 6.43. The fourth-order valence-electron chi connectivity index (χ4n) is 3.89. The first kappa shape index (κ1) is 19.4. The summed E-state index contributed by atoms with van der Waals surface area (Å²) in [4.78, 5) is 14.8. The van der Waals surface area contributed by atoms with Crippen LogP contribution in [0.15, 0.2) is 35.5 Å². The smallest absolute Gasteiger partial charge is 0.237 e. The van der Waals surface area contributed by atoms with Gasteiger partial charge < -0.3 is 9.47 Å². The number of rotatable bonds is 5. The minimum absolute atomic E-state index is 0.0264. The van der Waals surface area contributed by atoms with Gasteiger partial charge >= 0.3 is 0 Å². The number of aromatic nitrogens is 3. The zero-order valence-electron chi connectivity index (χ0n) is 15.7. The van der Waals surface area contributed by atoms with E-state index in [9.17, 15) is 13.2 Å². The van der Waals surface area contributed by atoms with Gasteiger partial charge in [-0.1, -0.05) is 36.4 Å². The van der Waals surface area contributed by atoms with Gasteiger partial charge in [-0.25, -0.2) is 8.42 Å². The van der Waals surface area contributed by atoms with Crippen LogP contribution in [0.1, 0.15) is 31.5 Å². The molecule has 1 fully saturated rings. The van der Waals surface area contributed by atoms with Gasteiger partial charge in [0.2, 0.25) is 5.91 Å². The number of para-hydroxylation sites is 1. The Morgan fingerprint density at radius 1 is 1.18 bits per heavy atom. The van der Waals surface area contributed by atoms with E-state index in [4.69, 9.17) is 0 Å². The Balaban J connectivity index is 1.51. The lowest BCUT2D eigenvalue weighted by Gasteiger charge is -2.28. The van der Waals surface area contributed by atoms with E-state index in [1.54, 1.807) is 4.90 Å². The standard InChI is InChI=1S/C19H24N4O3S2/c24-18(13-27-19-21-20-17-9-5-2-6-11-22(17)19)23(15-7-3-1-4-8-15)16-10-12-28(25,26)14-16/h1,3-4,7-8,16H,2,5-6,9-14H2. The van der Waals surface area contributed by atoms with E-state index in [0.717, 1.165) is 42.5 Å². The molecule has 0 spiro atoms. The SMILES string of the molecule is O=C(CSc1nnc2n1CCCCC2)N(c1ccccc1)C1CCS(=O)(=O)C1. The second-order valence-corrected chi connectivity index (χ2v) is 10.5. The van der Waals surface area contributed by atoms with Crippen LogP contribution in [0.2, 0.25) is 0 Å². The summed E-state index contributed by atoms with van der Waals surface area (Å²) >= 11 is 1.39. The summed E-state index contributed by atoms with van der Waals surface area (Å²) in [6.45, 7) is 0.891. The number of carbonyl (C=O) groups is 1. The van der Waals surface area contributed by atoms with E-state index < -0.39 is 9.84 Å². The Morgan fingerprint density at radius 3 is 2.75 bits per heavy atom. The van der Waals surface area contributed by atoms with E-state index in [-0.39, 0.29) is 29.2 Å². The molecule has 0 bridgehead atoms. The molecule has 0 aliphatic carbocycles. The van der Waals surface area contributed by atoms with E-state index in [2.05, 4.69) is 14.8 Å². The van der Waals surface area contributed by atoms with Crippen molar-refractivity contribution in [3.63, 3.8) is 0 Å². The number of nitrogens with zero attached hydrogens (tertiary/aromatic N) is 4. The number of hydrogen-bond donors (Lipinski definition) is 0. The quantitative estimate of drug-likeness (QED) is 0.690. The average molecular weight is 421 g/mol. The van der Waals surface area contributed by atoms with Crippen molar-refractivity contribution < 1.29 is 13.2 Å². The van der Waals surface area contributed by atoms with Crippen molar-refractivity contribution in [3.8, 4) is 0 Å². The maximum absolute atomic E-state index is 13.1. The molecule has 9 heteroatoms. The molecule has 1 unspecified atom stereocenters. The molecule has 1 aromatic carbocycles. The summed E-state index contributed by atoms with van der Waals surface area (Å²) in [6.07, 6.45) is 4.82. The van der Waals surface area contributed by atoms with E-state index in [1.165, 1.54) is 18.2 Å². The summed E-state index contributed by atoms with van der Waals surface area (Å²) in [6, 6.07) is 9.02. The van der Waals surface area contributed by atoms with Crippen LogP contribution in [0, 0.1) is 0 Å². The van der Waals surface area contributed by atoms with Crippen LogP contribution in [0.4, 0.5) is 5.69 Å². The molecule has 4 rings (SSSR count). The second kappa shape index (κ2) is 8.24. The van der Waals surface area contributed by atoms with Crippen molar-refractivity contribution in [1.29, 1.82) is 0 Å². The molecule has 1 saturated heterocycles. The van der Waals surface area contributed by atoms with Crippen molar-refractivity contribution in [3.05, 3.63) is 36.2 Å². The zero-order chi connectivity index (χ0) is 19.6. The number of hydrogen-bond acceptors (Lipinski definition) is 6. The predicted molar refractivity (Wildman–Crippen MR) is 109 cm³/mol. The molecule has 150 valence electrons. The molecule has 1 aromatic heterocycles. The molecule has 0 radical (unpaired) electrons. The molecular weight excluding hydrogens is 396 g/mol. The molecule has 0 saturated carbocycles. The minimum Gasteiger partial charge on any atom is -0.308 e. The first-order valence-electron chi connectivity index (χ1n) is 9.66. The average Bonchev–Trinajstić information content (AvgIpc) is 3.14. The van der Waals surface area contributed by atoms with Crippen molar-refractivity contribution in [1.82, 2.24) is 14.8 Å². The molecule has 2 aliphatic rings. The van der Waals surface area contributed by atoms with Gasteiger partial charge in [-0.3, -0.25) is 4.79 Å².